The molecule has 1 aromatic rings. The third-order valence-electron chi connectivity index (χ3n) is 4.17. The molecule has 1 aliphatic carbocycles. The summed E-state index contributed by atoms with van der Waals surface area (Å²) in [5.41, 5.74) is 4.51. The van der Waals surface area contributed by atoms with Gasteiger partial charge in [0.25, 0.3) is 0 Å². The van der Waals surface area contributed by atoms with Crippen molar-refractivity contribution in [2.75, 3.05) is 11.9 Å². The Bertz CT molecular complexity index is 492. The van der Waals surface area contributed by atoms with Gasteiger partial charge in [0, 0.05) is 11.3 Å². The monoisotopic (exact) mass is 244 g/mol. The molecule has 96 valence electrons. The number of benzene rings is 1. The summed E-state index contributed by atoms with van der Waals surface area (Å²) in [4.78, 5) is 12.0. The second-order valence-electron chi connectivity index (χ2n) is 5.67. The van der Waals surface area contributed by atoms with Crippen molar-refractivity contribution in [2.24, 2.45) is 5.92 Å². The van der Waals surface area contributed by atoms with E-state index in [0.29, 0.717) is 0 Å². The molecule has 1 amide bonds. The van der Waals surface area contributed by atoms with E-state index < -0.39 is 0 Å². The Hall–Kier alpha value is -1.35. The molecule has 1 atom stereocenters. The van der Waals surface area contributed by atoms with Crippen LogP contribution in [0.4, 0.5) is 5.69 Å². The maximum atomic E-state index is 12.0. The molecule has 1 aliphatic heterocycles. The Morgan fingerprint density at radius 3 is 2.78 bits per heavy atom. The van der Waals surface area contributed by atoms with Gasteiger partial charge in [0.1, 0.15) is 6.04 Å². The zero-order valence-corrected chi connectivity index (χ0v) is 11.0. The van der Waals surface area contributed by atoms with Gasteiger partial charge in [0.2, 0.25) is 5.91 Å². The number of carbonyl (C=O) groups excluding carboxylic acids is 1. The quantitative estimate of drug-likeness (QED) is 0.858. The van der Waals surface area contributed by atoms with Crippen molar-refractivity contribution >= 4 is 11.6 Å². The van der Waals surface area contributed by atoms with Crippen LogP contribution in [0.15, 0.2) is 12.1 Å². The summed E-state index contributed by atoms with van der Waals surface area (Å²) in [6.45, 7) is 5.10. The van der Waals surface area contributed by atoms with Crippen molar-refractivity contribution in [2.45, 2.75) is 39.2 Å². The topological polar surface area (TPSA) is 41.1 Å². The zero-order chi connectivity index (χ0) is 12.7. The van der Waals surface area contributed by atoms with E-state index in [1.54, 1.807) is 0 Å². The minimum absolute atomic E-state index is 0.0954. The van der Waals surface area contributed by atoms with Crippen LogP contribution in [0.2, 0.25) is 0 Å². The number of carbonyl (C=O) groups is 1. The van der Waals surface area contributed by atoms with Crippen LogP contribution in [-0.2, 0) is 4.79 Å². The van der Waals surface area contributed by atoms with Crippen LogP contribution in [0, 0.1) is 19.8 Å². The van der Waals surface area contributed by atoms with Crippen molar-refractivity contribution in [1.82, 2.24) is 5.32 Å². The molecule has 0 saturated heterocycles. The third-order valence-corrected chi connectivity index (χ3v) is 4.17. The minimum Gasteiger partial charge on any atom is -0.324 e. The van der Waals surface area contributed by atoms with Gasteiger partial charge < -0.3 is 10.6 Å². The predicted octanol–water partition coefficient (Wildman–Crippen LogP) is 2.69. The van der Waals surface area contributed by atoms with Gasteiger partial charge in [-0.05, 0) is 44.7 Å². The third kappa shape index (κ3) is 1.93. The molecule has 1 aromatic carbocycles. The molecule has 3 rings (SSSR count). The number of hydrogen-bond acceptors (Lipinski definition) is 2. The maximum absolute atomic E-state index is 12.0. The summed E-state index contributed by atoms with van der Waals surface area (Å²) in [5, 5.41) is 6.43. The number of aryl methyl sites for hydroxylation is 2. The largest absolute Gasteiger partial charge is 0.324 e. The molecule has 2 N–H and O–H groups in total. The minimum atomic E-state index is -0.154. The van der Waals surface area contributed by atoms with E-state index in [-0.39, 0.29) is 11.9 Å². The highest BCUT2D eigenvalue weighted by molar-refractivity contribution is 6.03. The average molecular weight is 244 g/mol. The number of hydrogen-bond donors (Lipinski definition) is 2. The first-order valence-corrected chi connectivity index (χ1v) is 6.80. The lowest BCUT2D eigenvalue weighted by Crippen LogP contribution is -2.33. The van der Waals surface area contributed by atoms with Crippen LogP contribution < -0.4 is 10.6 Å². The second kappa shape index (κ2) is 4.39. The van der Waals surface area contributed by atoms with Gasteiger partial charge in [-0.25, -0.2) is 0 Å². The van der Waals surface area contributed by atoms with Gasteiger partial charge in [-0.15, -0.1) is 0 Å². The Morgan fingerprint density at radius 2 is 2.11 bits per heavy atom. The first kappa shape index (κ1) is 11.7. The van der Waals surface area contributed by atoms with Gasteiger partial charge in [-0.3, -0.25) is 4.79 Å². The van der Waals surface area contributed by atoms with E-state index in [1.807, 2.05) is 0 Å². The van der Waals surface area contributed by atoms with Crippen LogP contribution in [0.1, 0.15) is 42.0 Å². The fourth-order valence-corrected chi connectivity index (χ4v) is 2.92. The Labute approximate surface area is 108 Å². The van der Waals surface area contributed by atoms with Crippen LogP contribution >= 0.6 is 0 Å². The van der Waals surface area contributed by atoms with Crippen molar-refractivity contribution in [3.05, 3.63) is 28.8 Å². The summed E-state index contributed by atoms with van der Waals surface area (Å²) in [5.74, 6) is 0.866. The van der Waals surface area contributed by atoms with E-state index >= 15 is 0 Å². The standard InChI is InChI=1S/C15H20N2O/c1-9-6-10(2)13-12(7-9)14(15(18)17-13)16-8-11-4-3-5-11/h6-7,11,14,16H,3-5,8H2,1-2H3,(H,17,18). The first-order chi connectivity index (χ1) is 8.65. The number of fused-ring (bicyclic) bond motifs is 1. The molecule has 18 heavy (non-hydrogen) atoms. The molecule has 1 fully saturated rings. The van der Waals surface area contributed by atoms with Gasteiger partial charge in [0.05, 0.1) is 0 Å². The van der Waals surface area contributed by atoms with E-state index in [4.69, 9.17) is 0 Å². The molecule has 1 saturated carbocycles. The number of amides is 1. The van der Waals surface area contributed by atoms with E-state index in [2.05, 4.69) is 36.6 Å². The predicted molar refractivity (Wildman–Crippen MR) is 72.6 cm³/mol. The second-order valence-corrected chi connectivity index (χ2v) is 5.67. The van der Waals surface area contributed by atoms with Crippen LogP contribution in [0.5, 0.6) is 0 Å². The fraction of sp³-hybridized carbons (Fsp3) is 0.533. The fourth-order valence-electron chi connectivity index (χ4n) is 2.92. The molecule has 2 aliphatic rings. The molecular weight excluding hydrogens is 224 g/mol. The van der Waals surface area contributed by atoms with Crippen molar-refractivity contribution < 1.29 is 4.79 Å². The SMILES string of the molecule is Cc1cc(C)c2c(c1)C(NCC1CCC1)C(=O)N2. The molecule has 3 nitrogen and oxygen atoms in total. The van der Waals surface area contributed by atoms with Crippen LogP contribution in [0.25, 0.3) is 0 Å². The summed E-state index contributed by atoms with van der Waals surface area (Å²) in [6.07, 6.45) is 3.96. The molecule has 0 spiro atoms. The van der Waals surface area contributed by atoms with E-state index in [1.165, 1.54) is 24.8 Å². The summed E-state index contributed by atoms with van der Waals surface area (Å²) >= 11 is 0. The first-order valence-electron chi connectivity index (χ1n) is 6.80. The van der Waals surface area contributed by atoms with E-state index in [9.17, 15) is 4.79 Å². The Morgan fingerprint density at radius 1 is 1.33 bits per heavy atom. The van der Waals surface area contributed by atoms with Crippen molar-refractivity contribution in [3.8, 4) is 0 Å². The lowest BCUT2D eigenvalue weighted by atomic mass is 9.85. The lowest BCUT2D eigenvalue weighted by molar-refractivity contribution is -0.117. The highest BCUT2D eigenvalue weighted by atomic mass is 16.2. The molecule has 3 heteroatoms. The van der Waals surface area contributed by atoms with Crippen molar-refractivity contribution in [3.63, 3.8) is 0 Å². The molecule has 1 heterocycles. The van der Waals surface area contributed by atoms with E-state index in [0.717, 1.165) is 29.3 Å². The molecule has 0 bridgehead atoms. The summed E-state index contributed by atoms with van der Waals surface area (Å²) in [7, 11) is 0. The smallest absolute Gasteiger partial charge is 0.246 e. The maximum Gasteiger partial charge on any atom is 0.246 e. The van der Waals surface area contributed by atoms with Gasteiger partial charge >= 0.3 is 0 Å². The molecule has 0 aromatic heterocycles. The van der Waals surface area contributed by atoms with Crippen molar-refractivity contribution in [1.29, 1.82) is 0 Å². The number of nitrogens with one attached hydrogen (secondary N) is 2. The molecule has 1 unspecified atom stereocenters. The number of anilines is 1. The normalized spacial score (nSPS) is 22.6. The molecule has 0 radical (unpaired) electrons. The Balaban J connectivity index is 1.81. The highest BCUT2D eigenvalue weighted by Crippen LogP contribution is 2.35. The average Bonchev–Trinajstić information content (AvgIpc) is 2.54. The molecular formula is C15H20N2O. The van der Waals surface area contributed by atoms with Gasteiger partial charge in [-0.2, -0.15) is 0 Å². The summed E-state index contributed by atoms with van der Waals surface area (Å²) < 4.78 is 0. The zero-order valence-electron chi connectivity index (χ0n) is 11.0. The highest BCUT2D eigenvalue weighted by Gasteiger charge is 2.32. The summed E-state index contributed by atoms with van der Waals surface area (Å²) in [6, 6.07) is 4.09. The lowest BCUT2D eigenvalue weighted by Gasteiger charge is -2.26. The van der Waals surface area contributed by atoms with Crippen LogP contribution in [-0.4, -0.2) is 12.5 Å². The Kier molecular flexibility index (Phi) is 2.86. The van der Waals surface area contributed by atoms with Gasteiger partial charge in [0.15, 0.2) is 0 Å². The number of rotatable bonds is 3. The van der Waals surface area contributed by atoms with Crippen LogP contribution in [0.3, 0.4) is 0 Å². The van der Waals surface area contributed by atoms with Gasteiger partial charge in [-0.1, -0.05) is 24.1 Å².